The Bertz CT molecular complexity index is 1070. The molecule has 2 aromatic rings. The number of rotatable bonds is 6. The molecule has 0 aromatic carbocycles. The van der Waals surface area contributed by atoms with Gasteiger partial charge in [0.2, 0.25) is 0 Å². The Labute approximate surface area is 205 Å². The van der Waals surface area contributed by atoms with Crippen LogP contribution in [-0.2, 0) is 47.4 Å². The first-order valence-electron chi connectivity index (χ1n) is 11.6. The zero-order chi connectivity index (χ0) is 25.5. The third-order valence-electron chi connectivity index (χ3n) is 6.89. The molecule has 3 atom stereocenters. The minimum Gasteiger partial charge on any atom is -0.392 e. The summed E-state index contributed by atoms with van der Waals surface area (Å²) in [6, 6.07) is 0.0352. The van der Waals surface area contributed by atoms with Gasteiger partial charge in [-0.2, -0.15) is 18.3 Å². The molecule has 0 saturated carbocycles. The van der Waals surface area contributed by atoms with Gasteiger partial charge in [0, 0.05) is 55.4 Å². The SMILES string of the molecule is C[C@H]1C[C@@]2(CCN1Cc1cnn(CC(O)C(=O)N(C)C)c1)OCCc1c2sc(C(F)(F)F)c1CO. The van der Waals surface area contributed by atoms with Gasteiger partial charge in [-0.05, 0) is 31.7 Å². The normalized spacial score (nSPS) is 23.9. The van der Waals surface area contributed by atoms with E-state index in [2.05, 4.69) is 10.00 Å². The Hall–Kier alpha value is -1.99. The first-order chi connectivity index (χ1) is 16.4. The van der Waals surface area contributed by atoms with Gasteiger partial charge in [0.1, 0.15) is 10.5 Å². The van der Waals surface area contributed by atoms with Crippen molar-refractivity contribution in [3.05, 3.63) is 38.8 Å². The van der Waals surface area contributed by atoms with E-state index in [9.17, 15) is 28.2 Å². The average Bonchev–Trinajstić information content (AvgIpc) is 3.40. The maximum Gasteiger partial charge on any atom is 0.425 e. The second-order valence-corrected chi connectivity index (χ2v) is 10.6. The Balaban J connectivity index is 1.46. The minimum absolute atomic E-state index is 0.00222. The zero-order valence-corrected chi connectivity index (χ0v) is 20.8. The van der Waals surface area contributed by atoms with Crippen molar-refractivity contribution in [2.24, 2.45) is 0 Å². The largest absolute Gasteiger partial charge is 0.425 e. The predicted molar refractivity (Wildman–Crippen MR) is 123 cm³/mol. The lowest BCUT2D eigenvalue weighted by Crippen LogP contribution is -2.50. The van der Waals surface area contributed by atoms with E-state index in [0.29, 0.717) is 49.4 Å². The quantitative estimate of drug-likeness (QED) is 0.613. The van der Waals surface area contributed by atoms with Crippen LogP contribution >= 0.6 is 11.3 Å². The number of piperidine rings is 1. The number of hydrogen-bond donors (Lipinski definition) is 2. The van der Waals surface area contributed by atoms with Gasteiger partial charge in [0.15, 0.2) is 6.10 Å². The Morgan fingerprint density at radius 3 is 2.80 bits per heavy atom. The van der Waals surface area contributed by atoms with Crippen molar-refractivity contribution in [1.29, 1.82) is 0 Å². The average molecular weight is 517 g/mol. The highest BCUT2D eigenvalue weighted by Gasteiger charge is 2.48. The lowest BCUT2D eigenvalue weighted by Gasteiger charge is -2.47. The molecule has 194 valence electrons. The Morgan fingerprint density at radius 2 is 2.17 bits per heavy atom. The van der Waals surface area contributed by atoms with E-state index in [1.54, 1.807) is 26.5 Å². The summed E-state index contributed by atoms with van der Waals surface area (Å²) in [7, 11) is 3.16. The lowest BCUT2D eigenvalue weighted by atomic mass is 9.81. The van der Waals surface area contributed by atoms with Crippen molar-refractivity contribution in [2.75, 3.05) is 27.2 Å². The summed E-state index contributed by atoms with van der Waals surface area (Å²) in [6.07, 6.45) is -0.718. The second-order valence-electron chi connectivity index (χ2n) is 9.56. The van der Waals surface area contributed by atoms with Crippen LogP contribution in [0.2, 0.25) is 0 Å². The molecule has 2 aliphatic rings. The number of ether oxygens (including phenoxy) is 1. The van der Waals surface area contributed by atoms with Crippen LogP contribution in [0.3, 0.4) is 0 Å². The van der Waals surface area contributed by atoms with Crippen LogP contribution in [-0.4, -0.2) is 75.1 Å². The van der Waals surface area contributed by atoms with E-state index in [1.807, 2.05) is 6.92 Å². The van der Waals surface area contributed by atoms with Crippen molar-refractivity contribution in [3.63, 3.8) is 0 Å². The van der Waals surface area contributed by atoms with Crippen molar-refractivity contribution < 1.29 is 32.9 Å². The second kappa shape index (κ2) is 9.81. The van der Waals surface area contributed by atoms with Crippen molar-refractivity contribution in [1.82, 2.24) is 19.6 Å². The molecule has 4 heterocycles. The molecule has 0 bridgehead atoms. The number of thiophene rings is 1. The van der Waals surface area contributed by atoms with Gasteiger partial charge in [-0.3, -0.25) is 14.4 Å². The van der Waals surface area contributed by atoms with Gasteiger partial charge in [-0.25, -0.2) is 0 Å². The summed E-state index contributed by atoms with van der Waals surface area (Å²) >= 11 is 0.723. The van der Waals surface area contributed by atoms with E-state index in [-0.39, 0.29) is 18.2 Å². The number of carbonyl (C=O) groups excluding carboxylic acids is 1. The molecule has 0 radical (unpaired) electrons. The molecule has 2 N–H and O–H groups in total. The molecule has 1 fully saturated rings. The number of hydrogen-bond acceptors (Lipinski definition) is 7. The van der Waals surface area contributed by atoms with Crippen molar-refractivity contribution >= 4 is 17.2 Å². The number of aliphatic hydroxyl groups excluding tert-OH is 2. The summed E-state index contributed by atoms with van der Waals surface area (Å²) < 4.78 is 48.6. The van der Waals surface area contributed by atoms with Gasteiger partial charge >= 0.3 is 6.18 Å². The Kier molecular flexibility index (Phi) is 7.31. The van der Waals surface area contributed by atoms with Crippen LogP contribution < -0.4 is 0 Å². The van der Waals surface area contributed by atoms with Crippen LogP contribution in [0.5, 0.6) is 0 Å². The first-order valence-corrected chi connectivity index (χ1v) is 12.4. The van der Waals surface area contributed by atoms with Crippen LogP contribution in [0.15, 0.2) is 12.4 Å². The molecule has 4 rings (SSSR count). The molecule has 35 heavy (non-hydrogen) atoms. The molecule has 12 heteroatoms. The number of aromatic nitrogens is 2. The topological polar surface area (TPSA) is 91.1 Å². The molecule has 2 aromatic heterocycles. The maximum atomic E-state index is 13.6. The standard InChI is InChI=1S/C23H31F3N4O4S/c1-14-8-22(19-16(4-7-34-22)17(13-31)20(35-19)23(24,25)26)5-6-29(14)10-15-9-27-30(11-15)12-18(32)21(33)28(2)3/h9,11,14,18,31-32H,4-8,10,12-13H2,1-3H3/t14-,18?,22+/m0/s1. The third kappa shape index (κ3) is 5.12. The highest BCUT2D eigenvalue weighted by molar-refractivity contribution is 7.12. The van der Waals surface area contributed by atoms with Crippen LogP contribution in [0, 0.1) is 0 Å². The molecule has 0 aliphatic carbocycles. The predicted octanol–water partition coefficient (Wildman–Crippen LogP) is 2.36. The van der Waals surface area contributed by atoms with Crippen molar-refractivity contribution in [3.8, 4) is 0 Å². The molecular weight excluding hydrogens is 485 g/mol. The van der Waals surface area contributed by atoms with Crippen LogP contribution in [0.25, 0.3) is 0 Å². The number of nitrogens with zero attached hydrogens (tertiary/aromatic N) is 4. The van der Waals surface area contributed by atoms with E-state index in [0.717, 1.165) is 16.9 Å². The molecule has 1 spiro atoms. The summed E-state index contributed by atoms with van der Waals surface area (Å²) in [5.41, 5.74) is 0.740. The van der Waals surface area contributed by atoms with Gasteiger partial charge in [0.25, 0.3) is 5.91 Å². The van der Waals surface area contributed by atoms with Gasteiger partial charge in [-0.1, -0.05) is 0 Å². The van der Waals surface area contributed by atoms with E-state index < -0.39 is 35.3 Å². The molecular formula is C23H31F3N4O4S. The summed E-state index contributed by atoms with van der Waals surface area (Å²) in [5.74, 6) is -0.393. The van der Waals surface area contributed by atoms with Gasteiger partial charge < -0.3 is 19.8 Å². The summed E-state index contributed by atoms with van der Waals surface area (Å²) in [6.45, 7) is 3.01. The zero-order valence-electron chi connectivity index (χ0n) is 20.0. The summed E-state index contributed by atoms with van der Waals surface area (Å²) in [5, 5.41) is 24.0. The fourth-order valence-corrected chi connectivity index (χ4v) is 6.55. The van der Waals surface area contributed by atoms with E-state index >= 15 is 0 Å². The fraction of sp³-hybridized carbons (Fsp3) is 0.652. The van der Waals surface area contributed by atoms with Crippen LogP contribution in [0.4, 0.5) is 13.2 Å². The van der Waals surface area contributed by atoms with E-state index in [1.165, 1.54) is 9.58 Å². The highest BCUT2D eigenvalue weighted by atomic mass is 32.1. The number of likely N-dealkylation sites (N-methyl/N-ethyl adjacent to an activating group) is 1. The summed E-state index contributed by atoms with van der Waals surface area (Å²) in [4.78, 5) is 15.3. The third-order valence-corrected chi connectivity index (χ3v) is 8.39. The fourth-order valence-electron chi connectivity index (χ4n) is 5.14. The van der Waals surface area contributed by atoms with E-state index in [4.69, 9.17) is 4.74 Å². The van der Waals surface area contributed by atoms with Crippen molar-refractivity contribution in [2.45, 2.75) is 69.8 Å². The smallest absolute Gasteiger partial charge is 0.392 e. The molecule has 2 aliphatic heterocycles. The number of halogens is 3. The number of fused-ring (bicyclic) bond motifs is 2. The number of amides is 1. The lowest BCUT2D eigenvalue weighted by molar-refractivity contribution is -0.138. The maximum absolute atomic E-state index is 13.6. The number of carbonyl (C=O) groups is 1. The van der Waals surface area contributed by atoms with Gasteiger partial charge in [0.05, 0.1) is 26.0 Å². The molecule has 1 amide bonds. The first kappa shape index (κ1) is 26.1. The van der Waals surface area contributed by atoms with Gasteiger partial charge in [-0.15, -0.1) is 11.3 Å². The minimum atomic E-state index is -4.50. The molecule has 8 nitrogen and oxygen atoms in total. The highest BCUT2D eigenvalue weighted by Crippen LogP contribution is 2.51. The van der Waals surface area contributed by atoms with Crippen LogP contribution in [0.1, 0.15) is 46.2 Å². The number of aliphatic hydroxyl groups is 2. The Morgan fingerprint density at radius 1 is 1.43 bits per heavy atom. The number of likely N-dealkylation sites (tertiary alicyclic amines) is 1. The molecule has 1 saturated heterocycles. The number of alkyl halides is 3. The monoisotopic (exact) mass is 516 g/mol. The molecule has 1 unspecified atom stereocenters.